The lowest BCUT2D eigenvalue weighted by Gasteiger charge is -2.37. The van der Waals surface area contributed by atoms with Gasteiger partial charge < -0.3 is 24.6 Å². The topological polar surface area (TPSA) is 91.4 Å². The summed E-state index contributed by atoms with van der Waals surface area (Å²) < 4.78 is 10.2. The molecule has 9 nitrogen and oxygen atoms in total. The van der Waals surface area contributed by atoms with Gasteiger partial charge in [0, 0.05) is 38.0 Å². The van der Waals surface area contributed by atoms with E-state index < -0.39 is 5.97 Å². The minimum atomic E-state index is -0.457. The highest BCUT2D eigenvalue weighted by Crippen LogP contribution is 2.31. The number of hydrogen-bond donors (Lipinski definition) is 1. The van der Waals surface area contributed by atoms with Crippen LogP contribution in [0.1, 0.15) is 6.42 Å². The minimum Gasteiger partial charge on any atom is -0.495 e. The molecular formula is C25H28N4O5. The number of benzene rings is 2. The van der Waals surface area contributed by atoms with Crippen LogP contribution < -0.4 is 19.9 Å². The number of amides is 2. The highest BCUT2D eigenvalue weighted by atomic mass is 16.5. The largest absolute Gasteiger partial charge is 0.495 e. The molecule has 2 aromatic carbocycles. The molecule has 0 bridgehead atoms. The minimum absolute atomic E-state index is 0.0662. The molecule has 178 valence electrons. The third kappa shape index (κ3) is 4.98. The number of rotatable bonds is 6. The quantitative estimate of drug-likeness (QED) is 0.656. The standard InChI is InChI=1S/C25H28N4O5/c1-33-22-10-6-5-9-21(22)27-11-13-28(14-12-27)24(31)17-29-20-8-4-3-7-19(20)26-18(15-23(29)30)16-25(32)34-2/h3-10,15,26H,11-14,16-17H2,1-2H3. The second-order valence-electron chi connectivity index (χ2n) is 8.03. The van der Waals surface area contributed by atoms with Crippen LogP contribution in [0.4, 0.5) is 17.1 Å². The Hall–Kier alpha value is -4.01. The number of methoxy groups -OCH3 is 2. The Balaban J connectivity index is 1.46. The first-order valence-corrected chi connectivity index (χ1v) is 11.1. The number of nitrogens with zero attached hydrogens (tertiary/aromatic N) is 3. The predicted molar refractivity (Wildman–Crippen MR) is 129 cm³/mol. The second-order valence-corrected chi connectivity index (χ2v) is 8.03. The van der Waals surface area contributed by atoms with Crippen molar-refractivity contribution >= 4 is 34.8 Å². The molecule has 0 aromatic heterocycles. The van der Waals surface area contributed by atoms with Crippen LogP contribution in [-0.2, 0) is 19.1 Å². The number of ether oxygens (including phenoxy) is 2. The van der Waals surface area contributed by atoms with Gasteiger partial charge in [0.2, 0.25) is 5.91 Å². The Morgan fingerprint density at radius 2 is 1.62 bits per heavy atom. The fraction of sp³-hybridized carbons (Fsp3) is 0.320. The van der Waals surface area contributed by atoms with E-state index in [4.69, 9.17) is 9.47 Å². The molecule has 0 unspecified atom stereocenters. The van der Waals surface area contributed by atoms with E-state index in [9.17, 15) is 14.4 Å². The number of hydrogen-bond acceptors (Lipinski definition) is 7. The Kier molecular flexibility index (Phi) is 7.01. The van der Waals surface area contributed by atoms with Crippen molar-refractivity contribution < 1.29 is 23.9 Å². The molecule has 2 aromatic rings. The van der Waals surface area contributed by atoms with Crippen molar-refractivity contribution in [2.75, 3.05) is 62.1 Å². The monoisotopic (exact) mass is 464 g/mol. The van der Waals surface area contributed by atoms with Crippen molar-refractivity contribution in [3.63, 3.8) is 0 Å². The van der Waals surface area contributed by atoms with Gasteiger partial charge in [-0.3, -0.25) is 19.3 Å². The molecule has 34 heavy (non-hydrogen) atoms. The summed E-state index contributed by atoms with van der Waals surface area (Å²) in [7, 11) is 2.95. The summed E-state index contributed by atoms with van der Waals surface area (Å²) in [5.74, 6) is -0.150. The zero-order valence-corrected chi connectivity index (χ0v) is 19.3. The molecule has 0 saturated carbocycles. The van der Waals surface area contributed by atoms with Crippen LogP contribution >= 0.6 is 0 Å². The smallest absolute Gasteiger partial charge is 0.311 e. The van der Waals surface area contributed by atoms with Crippen LogP contribution in [0, 0.1) is 0 Å². The third-order valence-corrected chi connectivity index (χ3v) is 5.97. The van der Waals surface area contributed by atoms with Gasteiger partial charge in [-0.05, 0) is 24.3 Å². The van der Waals surface area contributed by atoms with Crippen molar-refractivity contribution in [1.29, 1.82) is 0 Å². The van der Waals surface area contributed by atoms with Gasteiger partial charge >= 0.3 is 5.97 Å². The van der Waals surface area contributed by atoms with Gasteiger partial charge in [0.25, 0.3) is 5.91 Å². The molecule has 1 saturated heterocycles. The van der Waals surface area contributed by atoms with Crippen LogP contribution in [-0.4, -0.2) is 69.6 Å². The molecule has 0 atom stereocenters. The maximum atomic E-state index is 13.2. The van der Waals surface area contributed by atoms with Crippen molar-refractivity contribution in [2.24, 2.45) is 0 Å². The molecule has 9 heteroatoms. The number of carbonyl (C=O) groups excluding carboxylic acids is 3. The number of anilines is 3. The van der Waals surface area contributed by atoms with E-state index in [1.165, 1.54) is 18.1 Å². The van der Waals surface area contributed by atoms with Crippen molar-refractivity contribution in [3.8, 4) is 5.75 Å². The molecule has 2 aliphatic heterocycles. The number of carbonyl (C=O) groups is 3. The lowest BCUT2D eigenvalue weighted by Crippen LogP contribution is -2.52. The first-order valence-electron chi connectivity index (χ1n) is 11.1. The second kappa shape index (κ2) is 10.3. The lowest BCUT2D eigenvalue weighted by molar-refractivity contribution is -0.139. The third-order valence-electron chi connectivity index (χ3n) is 5.97. The fourth-order valence-electron chi connectivity index (χ4n) is 4.18. The van der Waals surface area contributed by atoms with E-state index in [1.807, 2.05) is 42.5 Å². The molecule has 0 radical (unpaired) electrons. The van der Waals surface area contributed by atoms with E-state index in [0.717, 1.165) is 11.4 Å². The van der Waals surface area contributed by atoms with Crippen molar-refractivity contribution in [1.82, 2.24) is 4.90 Å². The number of piperazine rings is 1. The van der Waals surface area contributed by atoms with Crippen LogP contribution in [0.15, 0.2) is 60.3 Å². The summed E-state index contributed by atoms with van der Waals surface area (Å²) in [6.07, 6.45) is 1.28. The van der Waals surface area contributed by atoms with Crippen LogP contribution in [0.2, 0.25) is 0 Å². The zero-order chi connectivity index (χ0) is 24.1. The Morgan fingerprint density at radius 3 is 2.32 bits per heavy atom. The Bertz CT molecular complexity index is 1110. The molecule has 4 rings (SSSR count). The first-order chi connectivity index (χ1) is 16.5. The summed E-state index contributed by atoms with van der Waals surface area (Å²) in [4.78, 5) is 43.4. The van der Waals surface area contributed by atoms with Gasteiger partial charge in [0.1, 0.15) is 12.3 Å². The Morgan fingerprint density at radius 1 is 0.941 bits per heavy atom. The molecule has 2 aliphatic rings. The summed E-state index contributed by atoms with van der Waals surface area (Å²) in [6.45, 7) is 2.33. The molecule has 1 fully saturated rings. The van der Waals surface area contributed by atoms with Crippen LogP contribution in [0.5, 0.6) is 5.75 Å². The molecule has 2 amide bonds. The van der Waals surface area contributed by atoms with Crippen molar-refractivity contribution in [3.05, 3.63) is 60.3 Å². The van der Waals surface area contributed by atoms with Gasteiger partial charge in [-0.15, -0.1) is 0 Å². The van der Waals surface area contributed by atoms with Gasteiger partial charge in [-0.2, -0.15) is 0 Å². The summed E-state index contributed by atoms with van der Waals surface area (Å²) in [5, 5.41) is 3.13. The molecule has 0 spiro atoms. The molecule has 2 heterocycles. The molecular weight excluding hydrogens is 436 g/mol. The number of fused-ring (bicyclic) bond motifs is 1. The van der Waals surface area contributed by atoms with E-state index in [1.54, 1.807) is 18.1 Å². The van der Waals surface area contributed by atoms with Gasteiger partial charge in [-0.1, -0.05) is 24.3 Å². The molecule has 0 aliphatic carbocycles. The zero-order valence-electron chi connectivity index (χ0n) is 19.3. The highest BCUT2D eigenvalue weighted by Gasteiger charge is 2.29. The van der Waals surface area contributed by atoms with E-state index in [2.05, 4.69) is 10.2 Å². The van der Waals surface area contributed by atoms with Crippen LogP contribution in [0.3, 0.4) is 0 Å². The summed E-state index contributed by atoms with van der Waals surface area (Å²) in [5.41, 5.74) is 2.66. The highest BCUT2D eigenvalue weighted by molar-refractivity contribution is 6.09. The van der Waals surface area contributed by atoms with E-state index >= 15 is 0 Å². The lowest BCUT2D eigenvalue weighted by atomic mass is 10.2. The fourth-order valence-corrected chi connectivity index (χ4v) is 4.18. The molecule has 1 N–H and O–H groups in total. The number of esters is 1. The average Bonchev–Trinajstić information content (AvgIpc) is 2.99. The van der Waals surface area contributed by atoms with Gasteiger partial charge in [-0.25, -0.2) is 0 Å². The maximum Gasteiger partial charge on any atom is 0.311 e. The van der Waals surface area contributed by atoms with Gasteiger partial charge in [0.15, 0.2) is 0 Å². The Labute approximate surface area is 198 Å². The van der Waals surface area contributed by atoms with Gasteiger partial charge in [0.05, 0.1) is 37.7 Å². The van der Waals surface area contributed by atoms with Crippen molar-refractivity contribution in [2.45, 2.75) is 6.42 Å². The SMILES string of the molecule is COC(=O)CC1=CC(=O)N(CC(=O)N2CCN(c3ccccc3OC)CC2)c2ccccc2N1. The predicted octanol–water partition coefficient (Wildman–Crippen LogP) is 2.25. The average molecular weight is 465 g/mol. The van der Waals surface area contributed by atoms with E-state index in [-0.39, 0.29) is 24.8 Å². The normalized spacial score (nSPS) is 15.6. The first kappa shape index (κ1) is 23.2. The number of nitrogens with one attached hydrogen (secondary N) is 1. The summed E-state index contributed by atoms with van der Waals surface area (Å²) in [6, 6.07) is 15.0. The van der Waals surface area contributed by atoms with E-state index in [0.29, 0.717) is 43.3 Å². The summed E-state index contributed by atoms with van der Waals surface area (Å²) >= 11 is 0. The maximum absolute atomic E-state index is 13.2. The number of para-hydroxylation sites is 4. The van der Waals surface area contributed by atoms with Crippen LogP contribution in [0.25, 0.3) is 0 Å².